The normalized spacial score (nSPS) is 27.8. The molecule has 138 valence electrons. The van der Waals surface area contributed by atoms with Gasteiger partial charge < -0.3 is 10.2 Å². The van der Waals surface area contributed by atoms with Crippen LogP contribution in [0, 0.1) is 5.92 Å². The van der Waals surface area contributed by atoms with Crippen LogP contribution in [0.5, 0.6) is 0 Å². The number of nitrogens with zero attached hydrogens (tertiary/aromatic N) is 1. The van der Waals surface area contributed by atoms with Gasteiger partial charge in [0, 0.05) is 30.7 Å². The molecule has 0 aromatic heterocycles. The average molecular weight is 363 g/mol. The van der Waals surface area contributed by atoms with Gasteiger partial charge >= 0.3 is 0 Å². The number of carbonyl (C=O) groups excluding carboxylic acids is 1. The number of rotatable bonds is 2. The molecule has 2 unspecified atom stereocenters. The maximum absolute atomic E-state index is 12.9. The van der Waals surface area contributed by atoms with Crippen LogP contribution in [-0.2, 0) is 16.6 Å². The molecule has 3 aliphatic heterocycles. The fourth-order valence-corrected chi connectivity index (χ4v) is 4.83. The predicted molar refractivity (Wildman–Crippen MR) is 106 cm³/mol. The van der Waals surface area contributed by atoms with Crippen molar-refractivity contribution in [2.45, 2.75) is 76.8 Å². The molecule has 0 spiro atoms. The van der Waals surface area contributed by atoms with E-state index in [0.717, 1.165) is 25.1 Å². The monoisotopic (exact) mass is 362 g/mol. The number of hydrogen-bond donors (Lipinski definition) is 1. The molecule has 1 aromatic carbocycles. The van der Waals surface area contributed by atoms with Gasteiger partial charge in [0.2, 0.25) is 5.91 Å². The van der Waals surface area contributed by atoms with Crippen molar-refractivity contribution >= 4 is 24.0 Å². The summed E-state index contributed by atoms with van der Waals surface area (Å²) in [5.41, 5.74) is 4.04. The Bertz CT molecular complexity index is 640. The van der Waals surface area contributed by atoms with Crippen molar-refractivity contribution in [3.05, 3.63) is 29.3 Å². The van der Waals surface area contributed by atoms with Gasteiger partial charge in [0.15, 0.2) is 0 Å². The number of benzene rings is 1. The topological polar surface area (TPSA) is 32.3 Å². The molecule has 0 aliphatic carbocycles. The Balaban J connectivity index is 0.00000182. The largest absolute Gasteiger partial charge is 0.312 e. The highest BCUT2D eigenvalue weighted by Gasteiger charge is 2.35. The van der Waals surface area contributed by atoms with Gasteiger partial charge in [-0.3, -0.25) is 4.79 Å². The van der Waals surface area contributed by atoms with Crippen LogP contribution in [0.25, 0.3) is 0 Å². The van der Waals surface area contributed by atoms with Crippen LogP contribution >= 0.6 is 12.4 Å². The Labute approximate surface area is 158 Å². The van der Waals surface area contributed by atoms with E-state index in [9.17, 15) is 4.79 Å². The standard InChI is InChI=1S/C21H30N2O.ClH/c1-21(2,3)16-4-7-19-15(13-16)8-9-23(19)20(24)12-14-10-17-5-6-18(11-14)22-17;/h4,7,13-14,17-18,22H,5-6,8-12H2,1-3H3;1H. The van der Waals surface area contributed by atoms with Gasteiger partial charge in [0.05, 0.1) is 0 Å². The Morgan fingerprint density at radius 2 is 1.88 bits per heavy atom. The Hall–Kier alpha value is -1.06. The summed E-state index contributed by atoms with van der Waals surface area (Å²) in [7, 11) is 0. The summed E-state index contributed by atoms with van der Waals surface area (Å²) in [6.45, 7) is 7.60. The second-order valence-electron chi connectivity index (χ2n) is 9.07. The summed E-state index contributed by atoms with van der Waals surface area (Å²) in [5.74, 6) is 0.915. The molecule has 1 amide bonds. The third-order valence-corrected chi connectivity index (χ3v) is 6.18. The first-order valence-corrected chi connectivity index (χ1v) is 9.60. The number of halogens is 1. The molecule has 2 saturated heterocycles. The van der Waals surface area contributed by atoms with Gasteiger partial charge in [0.25, 0.3) is 0 Å². The highest BCUT2D eigenvalue weighted by molar-refractivity contribution is 5.95. The molecule has 2 atom stereocenters. The zero-order valence-electron chi connectivity index (χ0n) is 15.7. The number of anilines is 1. The summed E-state index contributed by atoms with van der Waals surface area (Å²) in [4.78, 5) is 14.9. The predicted octanol–water partition coefficient (Wildman–Crippen LogP) is 4.22. The fraction of sp³-hybridized carbons (Fsp3) is 0.667. The quantitative estimate of drug-likeness (QED) is 0.854. The van der Waals surface area contributed by atoms with Crippen molar-refractivity contribution in [2.75, 3.05) is 11.4 Å². The summed E-state index contributed by atoms with van der Waals surface area (Å²) in [6.07, 6.45) is 6.71. The molecule has 3 heterocycles. The summed E-state index contributed by atoms with van der Waals surface area (Å²) >= 11 is 0. The Morgan fingerprint density at radius 1 is 1.20 bits per heavy atom. The maximum atomic E-state index is 12.9. The lowest BCUT2D eigenvalue weighted by Crippen LogP contribution is -2.40. The van der Waals surface area contributed by atoms with Crippen LogP contribution < -0.4 is 10.2 Å². The van der Waals surface area contributed by atoms with Crippen LogP contribution in [0.3, 0.4) is 0 Å². The van der Waals surface area contributed by atoms with Crippen molar-refractivity contribution < 1.29 is 4.79 Å². The van der Waals surface area contributed by atoms with E-state index in [1.165, 1.54) is 36.8 Å². The summed E-state index contributed by atoms with van der Waals surface area (Å²) in [5, 5.41) is 3.67. The minimum absolute atomic E-state index is 0. The highest BCUT2D eigenvalue weighted by Crippen LogP contribution is 2.36. The highest BCUT2D eigenvalue weighted by atomic mass is 35.5. The first-order valence-electron chi connectivity index (χ1n) is 9.60. The van der Waals surface area contributed by atoms with E-state index in [-0.39, 0.29) is 17.8 Å². The molecule has 3 nitrogen and oxygen atoms in total. The van der Waals surface area contributed by atoms with Crippen LogP contribution in [0.1, 0.15) is 64.0 Å². The average Bonchev–Trinajstić information content (AvgIpc) is 3.09. The van der Waals surface area contributed by atoms with E-state index < -0.39 is 0 Å². The van der Waals surface area contributed by atoms with Crippen molar-refractivity contribution in [2.24, 2.45) is 5.92 Å². The lowest BCUT2D eigenvalue weighted by atomic mass is 9.86. The second-order valence-corrected chi connectivity index (χ2v) is 9.07. The summed E-state index contributed by atoms with van der Waals surface area (Å²) < 4.78 is 0. The van der Waals surface area contributed by atoms with E-state index in [1.54, 1.807) is 0 Å². The molecule has 0 radical (unpaired) electrons. The third-order valence-electron chi connectivity index (χ3n) is 6.18. The van der Waals surface area contributed by atoms with Gasteiger partial charge in [-0.15, -0.1) is 12.4 Å². The van der Waals surface area contributed by atoms with Gasteiger partial charge in [-0.05, 0) is 60.6 Å². The molecule has 1 N–H and O–H groups in total. The third kappa shape index (κ3) is 3.73. The van der Waals surface area contributed by atoms with Gasteiger partial charge in [-0.2, -0.15) is 0 Å². The molecule has 0 saturated carbocycles. The fourth-order valence-electron chi connectivity index (χ4n) is 4.83. The molecule has 1 aromatic rings. The molecule has 25 heavy (non-hydrogen) atoms. The number of piperidine rings is 1. The summed E-state index contributed by atoms with van der Waals surface area (Å²) in [6, 6.07) is 8.03. The van der Waals surface area contributed by atoms with Crippen molar-refractivity contribution in [1.82, 2.24) is 5.32 Å². The zero-order chi connectivity index (χ0) is 16.9. The number of fused-ring (bicyclic) bond motifs is 3. The van der Waals surface area contributed by atoms with Gasteiger partial charge in [0.1, 0.15) is 0 Å². The minimum Gasteiger partial charge on any atom is -0.312 e. The zero-order valence-corrected chi connectivity index (χ0v) is 16.5. The van der Waals surface area contributed by atoms with Crippen LogP contribution in [-0.4, -0.2) is 24.5 Å². The number of hydrogen-bond acceptors (Lipinski definition) is 2. The molecular formula is C21H31ClN2O. The van der Waals surface area contributed by atoms with Gasteiger partial charge in [-0.1, -0.05) is 32.9 Å². The molecule has 2 fully saturated rings. The Morgan fingerprint density at radius 3 is 2.52 bits per heavy atom. The molecule has 2 bridgehead atoms. The van der Waals surface area contributed by atoms with E-state index >= 15 is 0 Å². The van der Waals surface area contributed by atoms with E-state index in [1.807, 2.05) is 4.90 Å². The Kier molecular flexibility index (Phi) is 5.18. The van der Waals surface area contributed by atoms with Crippen molar-refractivity contribution in [3.63, 3.8) is 0 Å². The lowest BCUT2D eigenvalue weighted by Gasteiger charge is -2.30. The molecule has 3 aliphatic rings. The van der Waals surface area contributed by atoms with E-state index in [4.69, 9.17) is 0 Å². The minimum atomic E-state index is 0. The van der Waals surface area contributed by atoms with Crippen molar-refractivity contribution in [1.29, 1.82) is 0 Å². The van der Waals surface area contributed by atoms with E-state index in [2.05, 4.69) is 44.3 Å². The molecular weight excluding hydrogens is 332 g/mol. The first kappa shape index (κ1) is 18.7. The van der Waals surface area contributed by atoms with Crippen LogP contribution in [0.2, 0.25) is 0 Å². The first-order chi connectivity index (χ1) is 11.4. The van der Waals surface area contributed by atoms with Crippen LogP contribution in [0.15, 0.2) is 18.2 Å². The smallest absolute Gasteiger partial charge is 0.227 e. The molecule has 4 rings (SSSR count). The van der Waals surface area contributed by atoms with E-state index in [0.29, 0.717) is 23.9 Å². The maximum Gasteiger partial charge on any atom is 0.227 e. The number of nitrogens with one attached hydrogen (secondary N) is 1. The van der Waals surface area contributed by atoms with Gasteiger partial charge in [-0.25, -0.2) is 0 Å². The van der Waals surface area contributed by atoms with Crippen molar-refractivity contribution in [3.8, 4) is 0 Å². The SMILES string of the molecule is CC(C)(C)c1ccc2c(c1)CCN2C(=O)CC1CC2CCC(C1)N2.Cl. The lowest BCUT2D eigenvalue weighted by molar-refractivity contribution is -0.119. The number of amides is 1. The van der Waals surface area contributed by atoms with Crippen LogP contribution in [0.4, 0.5) is 5.69 Å². The second kappa shape index (κ2) is 6.92. The molecule has 4 heteroatoms. The number of carbonyl (C=O) groups is 1.